The van der Waals surface area contributed by atoms with Gasteiger partial charge in [0.2, 0.25) is 17.6 Å². The predicted molar refractivity (Wildman–Crippen MR) is 110 cm³/mol. The summed E-state index contributed by atoms with van der Waals surface area (Å²) in [6.07, 6.45) is 9.53. The minimum atomic E-state index is -0.117. The number of carbonyl (C=O) groups excluding carboxylic acids is 1. The van der Waals surface area contributed by atoms with Gasteiger partial charge in [-0.15, -0.1) is 0 Å². The first-order valence-corrected chi connectivity index (χ1v) is 11.1. The molecule has 0 bridgehead atoms. The summed E-state index contributed by atoms with van der Waals surface area (Å²) < 4.78 is 16.9. The van der Waals surface area contributed by atoms with Crippen LogP contribution in [0.2, 0.25) is 0 Å². The maximum Gasteiger partial charge on any atom is 0.310 e. The minimum absolute atomic E-state index is 0.0880. The van der Waals surface area contributed by atoms with Crippen molar-refractivity contribution in [2.45, 2.75) is 64.5 Å². The van der Waals surface area contributed by atoms with E-state index in [9.17, 15) is 4.79 Å². The van der Waals surface area contributed by atoms with Gasteiger partial charge in [-0.3, -0.25) is 9.69 Å². The third-order valence-electron chi connectivity index (χ3n) is 5.79. The van der Waals surface area contributed by atoms with E-state index in [0.717, 1.165) is 37.8 Å². The fraction of sp³-hybridized carbons (Fsp3) is 0.636. The topological polar surface area (TPSA) is 90.6 Å². The van der Waals surface area contributed by atoms with Crippen molar-refractivity contribution in [1.29, 1.82) is 0 Å². The van der Waals surface area contributed by atoms with Crippen LogP contribution in [-0.4, -0.2) is 51.8 Å². The molecule has 0 spiro atoms. The molecule has 2 fully saturated rings. The molecular formula is C22H30N4O4. The molecule has 1 atom stereocenters. The molecule has 0 radical (unpaired) electrons. The van der Waals surface area contributed by atoms with Crippen LogP contribution in [0.3, 0.4) is 0 Å². The number of rotatable bonds is 7. The van der Waals surface area contributed by atoms with Crippen molar-refractivity contribution in [2.24, 2.45) is 5.92 Å². The van der Waals surface area contributed by atoms with Gasteiger partial charge in [0.15, 0.2) is 0 Å². The number of hydrogen-bond donors (Lipinski definition) is 0. The quantitative estimate of drug-likeness (QED) is 0.635. The number of esters is 1. The number of aromatic nitrogens is 3. The molecule has 2 aliphatic rings. The van der Waals surface area contributed by atoms with Crippen molar-refractivity contribution in [3.05, 3.63) is 24.2 Å². The van der Waals surface area contributed by atoms with Crippen LogP contribution in [-0.2, 0) is 16.1 Å². The fourth-order valence-corrected chi connectivity index (χ4v) is 4.27. The van der Waals surface area contributed by atoms with E-state index in [-0.39, 0.29) is 18.0 Å². The number of likely N-dealkylation sites (tertiary alicyclic amines) is 1. The number of carbonyl (C=O) groups is 1. The first-order valence-electron chi connectivity index (χ1n) is 11.1. The van der Waals surface area contributed by atoms with Gasteiger partial charge in [0.25, 0.3) is 0 Å². The lowest BCUT2D eigenvalue weighted by Gasteiger charge is -2.30. The van der Waals surface area contributed by atoms with Crippen LogP contribution in [0.25, 0.3) is 11.4 Å². The Morgan fingerprint density at radius 1 is 1.23 bits per heavy atom. The van der Waals surface area contributed by atoms with Crippen LogP contribution in [0, 0.1) is 5.92 Å². The Morgan fingerprint density at radius 2 is 2.10 bits per heavy atom. The molecule has 0 N–H and O–H groups in total. The maximum atomic E-state index is 12.1. The van der Waals surface area contributed by atoms with Crippen LogP contribution in [0.4, 0.5) is 0 Å². The zero-order valence-corrected chi connectivity index (χ0v) is 17.6. The molecule has 30 heavy (non-hydrogen) atoms. The molecule has 0 aromatic carbocycles. The zero-order valence-electron chi connectivity index (χ0n) is 17.6. The third-order valence-corrected chi connectivity index (χ3v) is 5.79. The van der Waals surface area contributed by atoms with Crippen LogP contribution >= 0.6 is 0 Å². The van der Waals surface area contributed by atoms with Gasteiger partial charge in [0, 0.05) is 12.7 Å². The second-order valence-electron chi connectivity index (χ2n) is 8.07. The van der Waals surface area contributed by atoms with Gasteiger partial charge in [-0.25, -0.2) is 4.98 Å². The van der Waals surface area contributed by atoms with Gasteiger partial charge >= 0.3 is 5.97 Å². The van der Waals surface area contributed by atoms with E-state index in [0.29, 0.717) is 37.3 Å². The van der Waals surface area contributed by atoms with E-state index in [2.05, 4.69) is 20.0 Å². The van der Waals surface area contributed by atoms with E-state index >= 15 is 0 Å². The number of ether oxygens (including phenoxy) is 2. The fourth-order valence-electron chi connectivity index (χ4n) is 4.27. The monoisotopic (exact) mass is 414 g/mol. The van der Waals surface area contributed by atoms with Gasteiger partial charge in [0.05, 0.1) is 24.6 Å². The van der Waals surface area contributed by atoms with Gasteiger partial charge in [0.1, 0.15) is 6.10 Å². The molecule has 1 aliphatic heterocycles. The molecule has 3 heterocycles. The van der Waals surface area contributed by atoms with Gasteiger partial charge in [-0.05, 0) is 64.1 Å². The van der Waals surface area contributed by atoms with Crippen LogP contribution in [0.15, 0.2) is 22.9 Å². The molecular weight excluding hydrogens is 384 g/mol. The normalized spacial score (nSPS) is 20.8. The molecule has 162 valence electrons. The van der Waals surface area contributed by atoms with Crippen molar-refractivity contribution in [2.75, 3.05) is 19.7 Å². The summed E-state index contributed by atoms with van der Waals surface area (Å²) in [5.41, 5.74) is 0.751. The summed E-state index contributed by atoms with van der Waals surface area (Å²) in [6, 6.07) is 3.77. The summed E-state index contributed by atoms with van der Waals surface area (Å²) >= 11 is 0. The Kier molecular flexibility index (Phi) is 6.94. The summed E-state index contributed by atoms with van der Waals surface area (Å²) in [5, 5.41) is 4.16. The summed E-state index contributed by atoms with van der Waals surface area (Å²) in [4.78, 5) is 23.2. The lowest BCUT2D eigenvalue weighted by Crippen LogP contribution is -2.39. The molecule has 1 unspecified atom stereocenters. The van der Waals surface area contributed by atoms with E-state index in [1.165, 1.54) is 19.3 Å². The van der Waals surface area contributed by atoms with Gasteiger partial charge < -0.3 is 14.0 Å². The largest absolute Gasteiger partial charge is 0.474 e. The third kappa shape index (κ3) is 5.16. The Hall–Kier alpha value is -2.48. The van der Waals surface area contributed by atoms with Crippen molar-refractivity contribution in [3.63, 3.8) is 0 Å². The highest BCUT2D eigenvalue weighted by Gasteiger charge is 2.28. The van der Waals surface area contributed by atoms with Gasteiger partial charge in [-0.1, -0.05) is 11.6 Å². The highest BCUT2D eigenvalue weighted by Crippen LogP contribution is 2.29. The Bertz CT molecular complexity index is 834. The highest BCUT2D eigenvalue weighted by molar-refractivity contribution is 5.72. The number of hydrogen-bond acceptors (Lipinski definition) is 8. The first kappa shape index (κ1) is 20.8. The van der Waals surface area contributed by atoms with Gasteiger partial charge in [-0.2, -0.15) is 4.98 Å². The second-order valence-corrected chi connectivity index (χ2v) is 8.07. The average molecular weight is 415 g/mol. The van der Waals surface area contributed by atoms with E-state index in [1.807, 2.05) is 19.1 Å². The smallest absolute Gasteiger partial charge is 0.310 e. The average Bonchev–Trinajstić information content (AvgIpc) is 3.23. The molecule has 2 aromatic heterocycles. The number of nitrogens with zero attached hydrogens (tertiary/aromatic N) is 4. The molecule has 8 nitrogen and oxygen atoms in total. The number of piperidine rings is 1. The van der Waals surface area contributed by atoms with E-state index < -0.39 is 0 Å². The number of pyridine rings is 1. The molecule has 1 saturated carbocycles. The lowest BCUT2D eigenvalue weighted by molar-refractivity contribution is -0.150. The SMILES string of the molecule is CCOC(=O)C1CCCN(Cc2nc(-c3cccnc3OC3CCCCC3)no2)C1. The standard InChI is InChI=1S/C22H30N4O4/c1-2-28-22(27)16-8-7-13-26(14-16)15-19-24-20(25-30-19)18-11-6-12-23-21(18)29-17-9-4-3-5-10-17/h6,11-12,16-17H,2-5,7-10,13-15H2,1H3. The summed E-state index contributed by atoms with van der Waals surface area (Å²) in [6.45, 7) is 4.32. The van der Waals surface area contributed by atoms with Crippen LogP contribution in [0.1, 0.15) is 57.8 Å². The molecule has 1 aliphatic carbocycles. The van der Waals surface area contributed by atoms with Crippen molar-refractivity contribution in [3.8, 4) is 17.3 Å². The van der Waals surface area contributed by atoms with Crippen molar-refractivity contribution < 1.29 is 18.8 Å². The van der Waals surface area contributed by atoms with E-state index in [4.69, 9.17) is 14.0 Å². The van der Waals surface area contributed by atoms with Crippen molar-refractivity contribution >= 4 is 5.97 Å². The summed E-state index contributed by atoms with van der Waals surface area (Å²) in [7, 11) is 0. The molecule has 8 heteroatoms. The minimum Gasteiger partial charge on any atom is -0.474 e. The Labute approximate surface area is 177 Å². The van der Waals surface area contributed by atoms with Crippen molar-refractivity contribution in [1.82, 2.24) is 20.0 Å². The molecule has 4 rings (SSSR count). The predicted octanol–water partition coefficient (Wildman–Crippen LogP) is 3.62. The lowest BCUT2D eigenvalue weighted by atomic mass is 9.98. The maximum absolute atomic E-state index is 12.1. The highest BCUT2D eigenvalue weighted by atomic mass is 16.5. The first-order chi connectivity index (χ1) is 14.7. The van der Waals surface area contributed by atoms with Crippen LogP contribution < -0.4 is 4.74 Å². The van der Waals surface area contributed by atoms with E-state index in [1.54, 1.807) is 6.20 Å². The Balaban J connectivity index is 1.41. The molecule has 2 aromatic rings. The molecule has 1 saturated heterocycles. The second kappa shape index (κ2) is 10.0. The Morgan fingerprint density at radius 3 is 2.93 bits per heavy atom. The molecule has 0 amide bonds. The van der Waals surface area contributed by atoms with Crippen LogP contribution in [0.5, 0.6) is 5.88 Å². The zero-order chi connectivity index (χ0) is 20.8. The summed E-state index contributed by atoms with van der Waals surface area (Å²) in [5.74, 6) is 1.38.